The van der Waals surface area contributed by atoms with Crippen molar-refractivity contribution in [1.29, 1.82) is 0 Å². The number of nitrogens with zero attached hydrogens (tertiary/aromatic N) is 1. The van der Waals surface area contributed by atoms with Crippen molar-refractivity contribution in [3.8, 4) is 12.3 Å². The molecule has 9 atom stereocenters. The Morgan fingerprint density at radius 1 is 1.06 bits per heavy atom. The first-order chi connectivity index (χ1) is 22.5. The number of fused-ring (bicyclic) bond motifs is 5. The number of hydrogen-bond acceptors (Lipinski definition) is 7. The van der Waals surface area contributed by atoms with Crippen LogP contribution in [-0.4, -0.2) is 70.2 Å². The van der Waals surface area contributed by atoms with Crippen LogP contribution in [-0.2, 0) is 24.0 Å². The number of ether oxygens (including phenoxy) is 1. The number of aliphatic carboxylic acids is 1. The molecule has 1 aliphatic heterocycles. The third-order valence-corrected chi connectivity index (χ3v) is 13.0. The summed E-state index contributed by atoms with van der Waals surface area (Å²) in [5, 5.41) is 30.9. The molecule has 2 amide bonds. The third kappa shape index (κ3) is 7.05. The zero-order valence-corrected chi connectivity index (χ0v) is 29.8. The number of carboxylic acid groups (broad SMARTS) is 1. The first kappa shape index (κ1) is 36.4. The van der Waals surface area contributed by atoms with Gasteiger partial charge in [0.15, 0.2) is 6.61 Å². The summed E-state index contributed by atoms with van der Waals surface area (Å²) in [5.74, 6) is 2.19. The second-order valence-corrected chi connectivity index (χ2v) is 16.7. The smallest absolute Gasteiger partial charge is 0.305 e. The molecule has 0 aromatic rings. The number of carbonyl (C=O) groups is 3. The second-order valence-electron chi connectivity index (χ2n) is 16.7. The van der Waals surface area contributed by atoms with E-state index in [-0.39, 0.29) is 35.7 Å². The van der Waals surface area contributed by atoms with E-state index in [1.165, 1.54) is 5.57 Å². The monoisotopic (exact) mass is 667 g/mol. The largest absolute Gasteiger partial charge is 0.481 e. The fourth-order valence-electron chi connectivity index (χ4n) is 10.2. The van der Waals surface area contributed by atoms with Crippen molar-refractivity contribution < 1.29 is 34.2 Å². The minimum absolute atomic E-state index is 0.0486. The Morgan fingerprint density at radius 3 is 2.46 bits per heavy atom. The van der Waals surface area contributed by atoms with Gasteiger partial charge < -0.3 is 30.4 Å². The standard InChI is InChI=1S/C38H57N3O7/c1-8-38(46)17-13-29-27-10-9-25-19-26(11-15-36(25,6)28(27)12-16-37(29,38)7)41-48-22-31(42)40-33(23(2)3)34(45)39-30(20-32(43)44)24-14-18-47-35(4,5)21-24/h1,19,23-24,27-30,33,46H,9-18,20-22H2,2-7H3,(H,39,45)(H,40,42)(H,43,44)/b41-26+/t24-,27+,28+,29+,30+,33-,36-,37-,38+/m0/s1. The molecule has 1 saturated heterocycles. The third-order valence-electron chi connectivity index (χ3n) is 13.0. The highest BCUT2D eigenvalue weighted by atomic mass is 16.6. The van der Waals surface area contributed by atoms with Gasteiger partial charge in [0.2, 0.25) is 5.91 Å². The minimum Gasteiger partial charge on any atom is -0.481 e. The van der Waals surface area contributed by atoms with E-state index in [2.05, 4.69) is 41.6 Å². The zero-order valence-electron chi connectivity index (χ0n) is 29.8. The number of allylic oxidation sites excluding steroid dienone is 2. The van der Waals surface area contributed by atoms with Crippen molar-refractivity contribution in [2.24, 2.45) is 45.6 Å². The normalized spacial score (nSPS) is 37.6. The summed E-state index contributed by atoms with van der Waals surface area (Å²) in [6.07, 6.45) is 16.6. The van der Waals surface area contributed by atoms with Gasteiger partial charge in [0.1, 0.15) is 11.6 Å². The van der Waals surface area contributed by atoms with Crippen LogP contribution >= 0.6 is 0 Å². The molecule has 5 rings (SSSR count). The van der Waals surface area contributed by atoms with Crippen LogP contribution in [0.1, 0.15) is 112 Å². The summed E-state index contributed by atoms with van der Waals surface area (Å²) < 4.78 is 5.80. The minimum atomic E-state index is -1.00. The zero-order chi connectivity index (χ0) is 35.1. The average molecular weight is 668 g/mol. The lowest BCUT2D eigenvalue weighted by atomic mass is 9.46. The van der Waals surface area contributed by atoms with E-state index in [4.69, 9.17) is 16.0 Å². The van der Waals surface area contributed by atoms with Gasteiger partial charge in [-0.3, -0.25) is 14.4 Å². The van der Waals surface area contributed by atoms with Gasteiger partial charge in [0.05, 0.1) is 17.7 Å². The number of nitrogens with one attached hydrogen (secondary N) is 2. The van der Waals surface area contributed by atoms with E-state index in [0.29, 0.717) is 43.6 Å². The summed E-state index contributed by atoms with van der Waals surface area (Å²) in [7, 11) is 0. The van der Waals surface area contributed by atoms with E-state index < -0.39 is 41.1 Å². The van der Waals surface area contributed by atoms with Crippen LogP contribution in [0.3, 0.4) is 0 Å². The molecule has 0 aromatic carbocycles. The molecule has 1 heterocycles. The van der Waals surface area contributed by atoms with Crippen molar-refractivity contribution in [1.82, 2.24) is 10.6 Å². The van der Waals surface area contributed by atoms with Crippen molar-refractivity contribution in [3.63, 3.8) is 0 Å². The maximum atomic E-state index is 13.4. The predicted molar refractivity (Wildman–Crippen MR) is 183 cm³/mol. The summed E-state index contributed by atoms with van der Waals surface area (Å²) in [4.78, 5) is 43.5. The molecule has 5 aliphatic rings. The van der Waals surface area contributed by atoms with Gasteiger partial charge in [0.25, 0.3) is 5.91 Å². The quantitative estimate of drug-likeness (QED) is 0.190. The average Bonchev–Trinajstić information content (AvgIpc) is 3.29. The van der Waals surface area contributed by atoms with E-state index in [9.17, 15) is 24.6 Å². The number of rotatable bonds is 10. The summed E-state index contributed by atoms with van der Waals surface area (Å²) >= 11 is 0. The van der Waals surface area contributed by atoms with Crippen LogP contribution in [0.2, 0.25) is 0 Å². The van der Waals surface area contributed by atoms with Crippen LogP contribution in [0.5, 0.6) is 0 Å². The Morgan fingerprint density at radius 2 is 1.79 bits per heavy atom. The molecule has 10 heteroatoms. The highest BCUT2D eigenvalue weighted by Crippen LogP contribution is 2.67. The van der Waals surface area contributed by atoms with Crippen molar-refractivity contribution >= 4 is 23.5 Å². The molecule has 4 aliphatic carbocycles. The van der Waals surface area contributed by atoms with Crippen LogP contribution in [0.25, 0.3) is 0 Å². The first-order valence-electron chi connectivity index (χ1n) is 18.1. The van der Waals surface area contributed by atoms with Crippen LogP contribution < -0.4 is 10.6 Å². The van der Waals surface area contributed by atoms with Crippen molar-refractivity contribution in [2.75, 3.05) is 13.2 Å². The van der Waals surface area contributed by atoms with Gasteiger partial charge in [-0.1, -0.05) is 44.3 Å². The molecule has 48 heavy (non-hydrogen) atoms. The van der Waals surface area contributed by atoms with E-state index in [1.54, 1.807) is 0 Å². The Bertz CT molecular complexity index is 1370. The lowest BCUT2D eigenvalue weighted by Gasteiger charge is -2.58. The van der Waals surface area contributed by atoms with Crippen LogP contribution in [0.4, 0.5) is 0 Å². The highest BCUT2D eigenvalue weighted by Gasteiger charge is 2.63. The van der Waals surface area contributed by atoms with Gasteiger partial charge in [-0.15, -0.1) is 6.42 Å². The van der Waals surface area contributed by atoms with Crippen LogP contribution in [0.15, 0.2) is 16.8 Å². The lowest BCUT2D eigenvalue weighted by Crippen LogP contribution is -2.55. The number of terminal acetylenes is 1. The summed E-state index contributed by atoms with van der Waals surface area (Å²) in [6, 6.07) is -1.42. The number of amides is 2. The van der Waals surface area contributed by atoms with Gasteiger partial charge in [-0.25, -0.2) is 0 Å². The number of carboxylic acids is 1. The summed E-state index contributed by atoms with van der Waals surface area (Å²) in [6.45, 7) is 12.4. The molecule has 0 radical (unpaired) electrons. The predicted octanol–water partition coefficient (Wildman–Crippen LogP) is 4.99. The molecule has 3 saturated carbocycles. The van der Waals surface area contributed by atoms with Gasteiger partial charge in [-0.2, -0.15) is 0 Å². The molecule has 10 nitrogen and oxygen atoms in total. The summed E-state index contributed by atoms with van der Waals surface area (Å²) in [5.41, 5.74) is 0.689. The van der Waals surface area contributed by atoms with Crippen molar-refractivity contribution in [2.45, 2.75) is 135 Å². The van der Waals surface area contributed by atoms with Gasteiger partial charge >= 0.3 is 5.97 Å². The van der Waals surface area contributed by atoms with Crippen molar-refractivity contribution in [3.05, 3.63) is 11.6 Å². The Labute approximate surface area is 286 Å². The molecular weight excluding hydrogens is 610 g/mol. The SMILES string of the molecule is C#C[C@@]1(O)CC[C@@H]2[C@@H]3CCC4=C/C(=N/OCC(=O)N[C@H](C(=O)N[C@H](CC(=O)O)[C@H]5CCOC(C)(C)C5)C(C)C)CC[C@]4(C)[C@@H]3CC[C@@]21C. The highest BCUT2D eigenvalue weighted by molar-refractivity contribution is 5.96. The van der Waals surface area contributed by atoms with E-state index >= 15 is 0 Å². The molecule has 266 valence electrons. The molecule has 0 unspecified atom stereocenters. The second kappa shape index (κ2) is 13.8. The Hall–Kier alpha value is -2.90. The molecule has 0 aromatic heterocycles. The Balaban J connectivity index is 1.17. The van der Waals surface area contributed by atoms with Crippen LogP contribution in [0, 0.1) is 52.8 Å². The molecule has 0 spiro atoms. The van der Waals surface area contributed by atoms with Gasteiger partial charge in [0, 0.05) is 18.1 Å². The molecule has 0 bridgehead atoms. The fourth-order valence-corrected chi connectivity index (χ4v) is 10.2. The van der Waals surface area contributed by atoms with Gasteiger partial charge in [-0.05, 0) is 119 Å². The number of oxime groups is 1. The number of aliphatic hydroxyl groups is 1. The lowest BCUT2D eigenvalue weighted by molar-refractivity contribution is -0.140. The van der Waals surface area contributed by atoms with E-state index in [0.717, 1.165) is 50.7 Å². The molecule has 4 fully saturated rings. The first-order valence-corrected chi connectivity index (χ1v) is 18.1. The maximum Gasteiger partial charge on any atom is 0.305 e. The topological polar surface area (TPSA) is 147 Å². The number of carbonyl (C=O) groups excluding carboxylic acids is 2. The fraction of sp³-hybridized carbons (Fsp3) is 0.789. The molecular formula is C38H57N3O7. The van der Waals surface area contributed by atoms with E-state index in [1.807, 2.05) is 27.7 Å². The molecule has 4 N–H and O–H groups in total. The number of hydrogen-bond donors (Lipinski definition) is 4. The Kier molecular flexibility index (Phi) is 10.4. The maximum absolute atomic E-state index is 13.4.